The third-order valence-corrected chi connectivity index (χ3v) is 4.71. The molecule has 4 atom stereocenters. The Morgan fingerprint density at radius 2 is 1.83 bits per heavy atom. The number of rotatable bonds is 4. The second-order valence-electron chi connectivity index (χ2n) is 6.83. The van der Waals surface area contributed by atoms with E-state index >= 15 is 0 Å². The van der Waals surface area contributed by atoms with Crippen LogP contribution >= 0.6 is 0 Å². The minimum atomic E-state index is -2.02. The zero-order valence-corrected chi connectivity index (χ0v) is 13.7. The van der Waals surface area contributed by atoms with Gasteiger partial charge in [-0.3, -0.25) is 19.3 Å². The van der Waals surface area contributed by atoms with Gasteiger partial charge in [-0.15, -0.1) is 0 Å². The molecule has 136 valence electrons. The molecule has 1 aliphatic carbocycles. The lowest BCUT2D eigenvalue weighted by molar-refractivity contribution is -0.173. The SMILES string of the molecule is CC1CC(=O)N(C(C)CNC(=O)C2(O)CC(O)C(O)C(O)C2)C1=O. The molecule has 0 aromatic carbocycles. The van der Waals surface area contributed by atoms with Crippen molar-refractivity contribution in [3.8, 4) is 0 Å². The third kappa shape index (κ3) is 3.44. The van der Waals surface area contributed by atoms with Crippen molar-refractivity contribution in [2.45, 2.75) is 63.1 Å². The van der Waals surface area contributed by atoms with Gasteiger partial charge in [0.2, 0.25) is 11.8 Å². The zero-order valence-electron chi connectivity index (χ0n) is 13.7. The number of imide groups is 1. The molecule has 2 rings (SSSR count). The summed E-state index contributed by atoms with van der Waals surface area (Å²) in [7, 11) is 0. The van der Waals surface area contributed by atoms with E-state index in [0.29, 0.717) is 0 Å². The number of aliphatic hydroxyl groups is 4. The van der Waals surface area contributed by atoms with Crippen LogP contribution in [0.5, 0.6) is 0 Å². The first-order valence-electron chi connectivity index (χ1n) is 7.97. The maximum Gasteiger partial charge on any atom is 0.252 e. The van der Waals surface area contributed by atoms with Crippen LogP contribution in [0.25, 0.3) is 0 Å². The van der Waals surface area contributed by atoms with E-state index in [-0.39, 0.29) is 30.7 Å². The van der Waals surface area contributed by atoms with Gasteiger partial charge < -0.3 is 25.7 Å². The van der Waals surface area contributed by atoms with E-state index in [2.05, 4.69) is 5.32 Å². The quantitative estimate of drug-likeness (QED) is 0.354. The third-order valence-electron chi connectivity index (χ3n) is 4.71. The summed E-state index contributed by atoms with van der Waals surface area (Å²) in [6, 6.07) is -0.577. The fourth-order valence-corrected chi connectivity index (χ4v) is 3.23. The van der Waals surface area contributed by atoms with Crippen molar-refractivity contribution in [2.24, 2.45) is 5.92 Å². The van der Waals surface area contributed by atoms with E-state index in [0.717, 1.165) is 4.90 Å². The molecule has 24 heavy (non-hydrogen) atoms. The van der Waals surface area contributed by atoms with Gasteiger partial charge in [0, 0.05) is 31.7 Å². The first-order chi connectivity index (χ1) is 11.1. The highest BCUT2D eigenvalue weighted by Crippen LogP contribution is 2.29. The molecule has 4 unspecified atom stereocenters. The normalized spacial score (nSPS) is 38.3. The number of aliphatic hydroxyl groups excluding tert-OH is 3. The molecular formula is C15H24N2O7. The van der Waals surface area contributed by atoms with Gasteiger partial charge in [-0.25, -0.2) is 0 Å². The Balaban J connectivity index is 1.95. The molecule has 0 bridgehead atoms. The lowest BCUT2D eigenvalue weighted by Crippen LogP contribution is -2.60. The number of amides is 3. The summed E-state index contributed by atoms with van der Waals surface area (Å²) in [5.74, 6) is -1.82. The average Bonchev–Trinajstić information content (AvgIpc) is 2.74. The highest BCUT2D eigenvalue weighted by atomic mass is 16.4. The molecule has 9 heteroatoms. The van der Waals surface area contributed by atoms with Crippen LogP contribution in [0.2, 0.25) is 0 Å². The summed E-state index contributed by atoms with van der Waals surface area (Å²) in [6.07, 6.45) is -4.96. The number of hydrogen-bond acceptors (Lipinski definition) is 7. The molecule has 9 nitrogen and oxygen atoms in total. The minimum Gasteiger partial charge on any atom is -0.390 e. The van der Waals surface area contributed by atoms with Gasteiger partial charge in [-0.1, -0.05) is 6.92 Å². The van der Waals surface area contributed by atoms with Crippen molar-refractivity contribution in [1.82, 2.24) is 10.2 Å². The van der Waals surface area contributed by atoms with Crippen LogP contribution in [0.3, 0.4) is 0 Å². The van der Waals surface area contributed by atoms with Gasteiger partial charge in [0.15, 0.2) is 0 Å². The van der Waals surface area contributed by atoms with Gasteiger partial charge in [0.25, 0.3) is 5.91 Å². The number of likely N-dealkylation sites (tertiary alicyclic amines) is 1. The first-order valence-corrected chi connectivity index (χ1v) is 7.97. The van der Waals surface area contributed by atoms with Crippen molar-refractivity contribution < 1.29 is 34.8 Å². The number of carbonyl (C=O) groups excluding carboxylic acids is 3. The van der Waals surface area contributed by atoms with Crippen molar-refractivity contribution >= 4 is 17.7 Å². The smallest absolute Gasteiger partial charge is 0.252 e. The van der Waals surface area contributed by atoms with Crippen molar-refractivity contribution in [1.29, 1.82) is 0 Å². The summed E-state index contributed by atoms with van der Waals surface area (Å²) >= 11 is 0. The number of hydrogen-bond donors (Lipinski definition) is 5. The molecule has 2 aliphatic rings. The van der Waals surface area contributed by atoms with E-state index in [4.69, 9.17) is 0 Å². The predicted molar refractivity (Wildman–Crippen MR) is 80.3 cm³/mol. The number of carbonyl (C=O) groups is 3. The lowest BCUT2D eigenvalue weighted by Gasteiger charge is -2.39. The molecule has 0 spiro atoms. The average molecular weight is 344 g/mol. The summed E-state index contributed by atoms with van der Waals surface area (Å²) in [5, 5.41) is 41.5. The van der Waals surface area contributed by atoms with Gasteiger partial charge in [0.05, 0.1) is 18.2 Å². The maximum absolute atomic E-state index is 12.2. The van der Waals surface area contributed by atoms with Crippen molar-refractivity contribution in [2.75, 3.05) is 6.54 Å². The molecule has 1 aliphatic heterocycles. The summed E-state index contributed by atoms with van der Waals surface area (Å²) in [5.41, 5.74) is -2.02. The predicted octanol–water partition coefficient (Wildman–Crippen LogP) is -2.51. The molecule has 5 N–H and O–H groups in total. The Labute approximate surface area is 139 Å². The van der Waals surface area contributed by atoms with Crippen LogP contribution in [-0.2, 0) is 14.4 Å². The van der Waals surface area contributed by atoms with E-state index in [1.165, 1.54) is 0 Å². The molecule has 0 aromatic rings. The molecule has 1 heterocycles. The van der Waals surface area contributed by atoms with Crippen LogP contribution in [0.4, 0.5) is 0 Å². The van der Waals surface area contributed by atoms with Crippen LogP contribution in [0.15, 0.2) is 0 Å². The van der Waals surface area contributed by atoms with E-state index in [9.17, 15) is 34.8 Å². The fraction of sp³-hybridized carbons (Fsp3) is 0.800. The Morgan fingerprint density at radius 1 is 1.29 bits per heavy atom. The number of nitrogens with zero attached hydrogens (tertiary/aromatic N) is 1. The van der Waals surface area contributed by atoms with E-state index in [1.807, 2.05) is 0 Å². The molecule has 1 saturated heterocycles. The van der Waals surface area contributed by atoms with Crippen molar-refractivity contribution in [3.63, 3.8) is 0 Å². The van der Waals surface area contributed by atoms with Crippen LogP contribution in [-0.4, -0.2) is 79.5 Å². The van der Waals surface area contributed by atoms with E-state index in [1.54, 1.807) is 13.8 Å². The molecule has 1 saturated carbocycles. The monoisotopic (exact) mass is 344 g/mol. The van der Waals surface area contributed by atoms with Gasteiger partial charge in [-0.2, -0.15) is 0 Å². The molecule has 0 radical (unpaired) electrons. The Bertz CT molecular complexity index is 526. The maximum atomic E-state index is 12.2. The second-order valence-corrected chi connectivity index (χ2v) is 6.83. The number of nitrogens with one attached hydrogen (secondary N) is 1. The highest BCUT2D eigenvalue weighted by molar-refractivity contribution is 6.03. The van der Waals surface area contributed by atoms with Crippen molar-refractivity contribution in [3.05, 3.63) is 0 Å². The van der Waals surface area contributed by atoms with Crippen LogP contribution in [0, 0.1) is 5.92 Å². The highest BCUT2D eigenvalue weighted by Gasteiger charge is 2.48. The Kier molecular flexibility index (Phi) is 5.28. The van der Waals surface area contributed by atoms with Gasteiger partial charge in [-0.05, 0) is 6.92 Å². The van der Waals surface area contributed by atoms with Crippen LogP contribution < -0.4 is 5.32 Å². The molecular weight excluding hydrogens is 320 g/mol. The minimum absolute atomic E-state index is 0.0555. The largest absolute Gasteiger partial charge is 0.390 e. The summed E-state index contributed by atoms with van der Waals surface area (Å²) < 4.78 is 0. The van der Waals surface area contributed by atoms with E-state index < -0.39 is 48.7 Å². The summed E-state index contributed by atoms with van der Waals surface area (Å²) in [4.78, 5) is 37.1. The Morgan fingerprint density at radius 3 is 2.29 bits per heavy atom. The van der Waals surface area contributed by atoms with Gasteiger partial charge >= 0.3 is 0 Å². The first kappa shape index (κ1) is 18.8. The second kappa shape index (κ2) is 6.75. The molecule has 0 aromatic heterocycles. The molecule has 3 amide bonds. The Hall–Kier alpha value is -1.55. The summed E-state index contributed by atoms with van der Waals surface area (Å²) in [6.45, 7) is 3.21. The topological polar surface area (TPSA) is 147 Å². The fourth-order valence-electron chi connectivity index (χ4n) is 3.23. The zero-order chi connectivity index (χ0) is 18.2. The standard InChI is InChI=1S/C15H24N2O7/c1-7-3-11(20)17(13(7)22)8(2)6-16-14(23)15(24)4-9(18)12(21)10(19)5-15/h7-10,12,18-19,21,24H,3-6H2,1-2H3,(H,16,23). The lowest BCUT2D eigenvalue weighted by atomic mass is 9.79. The van der Waals surface area contributed by atoms with Gasteiger partial charge in [0.1, 0.15) is 11.7 Å². The molecule has 2 fully saturated rings. The van der Waals surface area contributed by atoms with Crippen LogP contribution in [0.1, 0.15) is 33.1 Å².